The van der Waals surface area contributed by atoms with Crippen molar-refractivity contribution in [3.05, 3.63) is 40.3 Å². The first-order valence-electron chi connectivity index (χ1n) is 5.59. The fourth-order valence-corrected chi connectivity index (χ4v) is 1.59. The van der Waals surface area contributed by atoms with E-state index in [0.717, 1.165) is 0 Å². The van der Waals surface area contributed by atoms with Gasteiger partial charge in [-0.15, -0.1) is 0 Å². The predicted molar refractivity (Wildman–Crippen MR) is 68.1 cm³/mol. The van der Waals surface area contributed by atoms with Gasteiger partial charge in [0.05, 0.1) is 17.6 Å². The number of aromatic amines is 1. The number of para-hydroxylation sites is 2. The number of aromatic nitrogens is 2. The summed E-state index contributed by atoms with van der Waals surface area (Å²) in [6, 6.07) is 6.79. The summed E-state index contributed by atoms with van der Waals surface area (Å²) in [6.45, 7) is 1.69. The van der Waals surface area contributed by atoms with Crippen molar-refractivity contribution in [1.82, 2.24) is 9.97 Å². The zero-order valence-electron chi connectivity index (χ0n) is 10.1. The molecular weight excluding hydrogens is 248 g/mol. The molecule has 0 saturated carbocycles. The number of nitrogens with zero attached hydrogens (tertiary/aromatic N) is 1. The molecular formula is C13H10N2O4. The molecule has 0 aliphatic heterocycles. The van der Waals surface area contributed by atoms with Crippen LogP contribution in [0.25, 0.3) is 16.6 Å². The summed E-state index contributed by atoms with van der Waals surface area (Å²) in [7, 11) is 0. The van der Waals surface area contributed by atoms with E-state index in [-0.39, 0.29) is 12.3 Å². The number of nitrogens with one attached hydrogen (secondary N) is 1. The topological polar surface area (TPSA) is 89.1 Å². The molecule has 0 bridgehead atoms. The van der Waals surface area contributed by atoms with Crippen molar-refractivity contribution >= 4 is 28.5 Å². The van der Waals surface area contributed by atoms with Gasteiger partial charge in [-0.3, -0.25) is 4.79 Å². The van der Waals surface area contributed by atoms with Crippen molar-refractivity contribution in [1.29, 1.82) is 0 Å². The van der Waals surface area contributed by atoms with Gasteiger partial charge in [0.2, 0.25) is 0 Å². The van der Waals surface area contributed by atoms with E-state index in [4.69, 9.17) is 0 Å². The van der Waals surface area contributed by atoms with Gasteiger partial charge in [-0.25, -0.2) is 14.6 Å². The Balaban J connectivity index is 2.61. The molecule has 6 heteroatoms. The molecule has 0 aliphatic carbocycles. The van der Waals surface area contributed by atoms with E-state index in [0.29, 0.717) is 11.0 Å². The van der Waals surface area contributed by atoms with Crippen LogP contribution in [-0.4, -0.2) is 28.5 Å². The summed E-state index contributed by atoms with van der Waals surface area (Å²) >= 11 is 0. The smallest absolute Gasteiger partial charge is 0.351 e. The SMILES string of the molecule is CCOC(=O)C(=C=O)c1nc2ccccc2[nH]c1=O. The van der Waals surface area contributed by atoms with Crippen LogP contribution in [0.15, 0.2) is 29.1 Å². The lowest BCUT2D eigenvalue weighted by Crippen LogP contribution is -2.19. The monoisotopic (exact) mass is 258 g/mol. The van der Waals surface area contributed by atoms with Gasteiger partial charge >= 0.3 is 5.97 Å². The Hall–Kier alpha value is -2.72. The highest BCUT2D eigenvalue weighted by Gasteiger charge is 2.20. The summed E-state index contributed by atoms with van der Waals surface area (Å²) in [4.78, 5) is 40.8. The van der Waals surface area contributed by atoms with Crippen LogP contribution in [-0.2, 0) is 14.3 Å². The Morgan fingerprint density at radius 1 is 1.42 bits per heavy atom. The van der Waals surface area contributed by atoms with Crippen LogP contribution in [0, 0.1) is 0 Å². The van der Waals surface area contributed by atoms with Gasteiger partial charge in [-0.05, 0) is 19.1 Å². The first-order valence-corrected chi connectivity index (χ1v) is 5.59. The summed E-state index contributed by atoms with van der Waals surface area (Å²) < 4.78 is 4.69. The Labute approximate surface area is 107 Å². The fourth-order valence-electron chi connectivity index (χ4n) is 1.59. The fraction of sp³-hybridized carbons (Fsp3) is 0.154. The van der Waals surface area contributed by atoms with E-state index in [1.807, 2.05) is 0 Å². The third-order valence-corrected chi connectivity index (χ3v) is 2.42. The summed E-state index contributed by atoms with van der Waals surface area (Å²) in [5, 5.41) is 0. The average molecular weight is 258 g/mol. The van der Waals surface area contributed by atoms with E-state index in [9.17, 15) is 14.4 Å². The first kappa shape index (κ1) is 12.7. The molecule has 2 aromatic rings. The number of hydrogen-bond acceptors (Lipinski definition) is 5. The minimum Gasteiger partial charge on any atom is -0.462 e. The Morgan fingerprint density at radius 3 is 2.84 bits per heavy atom. The molecule has 6 nitrogen and oxygen atoms in total. The summed E-state index contributed by atoms with van der Waals surface area (Å²) in [5.74, 6) is 0.507. The minimum atomic E-state index is -0.911. The second kappa shape index (κ2) is 5.29. The van der Waals surface area contributed by atoms with Gasteiger partial charge in [-0.2, -0.15) is 0 Å². The molecule has 1 aromatic carbocycles. The van der Waals surface area contributed by atoms with E-state index in [1.165, 1.54) is 5.94 Å². The number of benzene rings is 1. The lowest BCUT2D eigenvalue weighted by atomic mass is 10.2. The molecule has 2 rings (SSSR count). The van der Waals surface area contributed by atoms with Crippen LogP contribution in [0.4, 0.5) is 0 Å². The second-order valence-corrected chi connectivity index (χ2v) is 3.63. The third-order valence-electron chi connectivity index (χ3n) is 2.42. The second-order valence-electron chi connectivity index (χ2n) is 3.63. The maximum atomic E-state index is 11.8. The molecule has 1 aromatic heterocycles. The van der Waals surface area contributed by atoms with E-state index < -0.39 is 17.1 Å². The largest absolute Gasteiger partial charge is 0.462 e. The number of esters is 1. The number of rotatable bonds is 3. The lowest BCUT2D eigenvalue weighted by molar-refractivity contribution is -0.136. The molecule has 0 radical (unpaired) electrons. The highest BCUT2D eigenvalue weighted by Crippen LogP contribution is 2.11. The van der Waals surface area contributed by atoms with Gasteiger partial charge in [0, 0.05) is 0 Å². The standard InChI is InChI=1S/C13H10N2O4/c1-2-19-13(18)8(7-16)11-12(17)15-10-6-4-3-5-9(10)14-11/h3-6H,2H2,1H3,(H,15,17). The zero-order valence-corrected chi connectivity index (χ0v) is 10.1. The zero-order chi connectivity index (χ0) is 13.8. The molecule has 0 fully saturated rings. The van der Waals surface area contributed by atoms with Crippen LogP contribution < -0.4 is 5.56 Å². The summed E-state index contributed by atoms with van der Waals surface area (Å²) in [6.07, 6.45) is 0. The minimum absolute atomic E-state index is 0.0928. The van der Waals surface area contributed by atoms with Crippen LogP contribution in [0.3, 0.4) is 0 Å². The maximum Gasteiger partial charge on any atom is 0.351 e. The highest BCUT2D eigenvalue weighted by atomic mass is 16.5. The van der Waals surface area contributed by atoms with Crippen molar-refractivity contribution in [3.63, 3.8) is 0 Å². The van der Waals surface area contributed by atoms with Crippen LogP contribution in [0.2, 0.25) is 0 Å². The normalized spacial score (nSPS) is 9.95. The van der Waals surface area contributed by atoms with Gasteiger partial charge in [0.15, 0.2) is 11.3 Å². The van der Waals surface area contributed by atoms with Crippen molar-refractivity contribution < 1.29 is 14.3 Å². The molecule has 1 N–H and O–H groups in total. The first-order chi connectivity index (χ1) is 9.17. The van der Waals surface area contributed by atoms with E-state index in [2.05, 4.69) is 14.7 Å². The van der Waals surface area contributed by atoms with Gasteiger partial charge < -0.3 is 9.72 Å². The lowest BCUT2D eigenvalue weighted by Gasteiger charge is -2.03. The van der Waals surface area contributed by atoms with Crippen molar-refractivity contribution in [3.8, 4) is 0 Å². The summed E-state index contributed by atoms with van der Waals surface area (Å²) in [5.41, 5.74) is -0.439. The van der Waals surface area contributed by atoms with Crippen molar-refractivity contribution in [2.45, 2.75) is 6.92 Å². The molecule has 0 saturated heterocycles. The van der Waals surface area contributed by atoms with Crippen LogP contribution >= 0.6 is 0 Å². The number of carbonyl (C=O) groups excluding carboxylic acids is 2. The Bertz CT molecular complexity index is 742. The number of ether oxygens (including phenoxy) is 1. The quantitative estimate of drug-likeness (QED) is 0.497. The molecule has 0 aliphatic rings. The number of hydrogen-bond donors (Lipinski definition) is 1. The molecule has 0 atom stereocenters. The van der Waals surface area contributed by atoms with Gasteiger partial charge in [-0.1, -0.05) is 12.1 Å². The number of H-pyrrole nitrogens is 1. The van der Waals surface area contributed by atoms with E-state index in [1.54, 1.807) is 31.2 Å². The van der Waals surface area contributed by atoms with E-state index >= 15 is 0 Å². The third kappa shape index (κ3) is 2.43. The number of carbonyl (C=O) groups is 1. The predicted octanol–water partition coefficient (Wildman–Crippen LogP) is 0.701. The van der Waals surface area contributed by atoms with Crippen molar-refractivity contribution in [2.75, 3.05) is 6.61 Å². The Morgan fingerprint density at radius 2 is 2.16 bits per heavy atom. The molecule has 19 heavy (non-hydrogen) atoms. The molecule has 0 unspecified atom stereocenters. The molecule has 96 valence electrons. The number of fused-ring (bicyclic) bond motifs is 1. The van der Waals surface area contributed by atoms with Crippen molar-refractivity contribution in [2.24, 2.45) is 0 Å². The molecule has 0 spiro atoms. The van der Waals surface area contributed by atoms with Gasteiger partial charge in [0.25, 0.3) is 5.56 Å². The molecule has 1 heterocycles. The Kier molecular flexibility index (Phi) is 3.54. The van der Waals surface area contributed by atoms with Crippen LogP contribution in [0.1, 0.15) is 12.6 Å². The average Bonchev–Trinajstić information content (AvgIpc) is 2.40. The van der Waals surface area contributed by atoms with Gasteiger partial charge in [0.1, 0.15) is 5.94 Å². The molecule has 0 amide bonds. The van der Waals surface area contributed by atoms with Crippen LogP contribution in [0.5, 0.6) is 0 Å². The highest BCUT2D eigenvalue weighted by molar-refractivity contribution is 6.24. The maximum absolute atomic E-state index is 11.8.